The molecule has 0 spiro atoms. The summed E-state index contributed by atoms with van der Waals surface area (Å²) in [5.74, 6) is 0.0221. The molecule has 1 amide bonds. The highest BCUT2D eigenvalue weighted by atomic mass is 16.1. The highest BCUT2D eigenvalue weighted by Gasteiger charge is 2.23. The number of rotatable bonds is 4. The van der Waals surface area contributed by atoms with Crippen LogP contribution in [0.15, 0.2) is 24.3 Å². The summed E-state index contributed by atoms with van der Waals surface area (Å²) in [4.78, 5) is 17.4. The van der Waals surface area contributed by atoms with Crippen molar-refractivity contribution in [2.75, 3.05) is 13.6 Å². The zero-order valence-electron chi connectivity index (χ0n) is 12.6. The molecule has 3 rings (SSSR count). The van der Waals surface area contributed by atoms with E-state index in [9.17, 15) is 4.79 Å². The first-order valence-electron chi connectivity index (χ1n) is 7.56. The van der Waals surface area contributed by atoms with Gasteiger partial charge in [-0.05, 0) is 44.9 Å². The second-order valence-corrected chi connectivity index (χ2v) is 5.68. The van der Waals surface area contributed by atoms with Gasteiger partial charge in [0, 0.05) is 23.7 Å². The maximum Gasteiger partial charge on any atom is 0.252 e. The maximum atomic E-state index is 12.7. The average Bonchev–Trinajstić information content (AvgIpc) is 2.97. The molecule has 2 aromatic rings. The van der Waals surface area contributed by atoms with E-state index in [0.717, 1.165) is 47.0 Å². The molecule has 1 aliphatic carbocycles. The van der Waals surface area contributed by atoms with Crippen LogP contribution in [0.3, 0.4) is 0 Å². The van der Waals surface area contributed by atoms with Gasteiger partial charge in [-0.15, -0.1) is 0 Å². The van der Waals surface area contributed by atoms with Crippen LogP contribution >= 0.6 is 0 Å². The molecular formula is C17H21N3O. The van der Waals surface area contributed by atoms with E-state index in [1.165, 1.54) is 0 Å². The standard InChI is InChI=1S/C17H21N3O/c1-11(18-2)10-19-17(21)16-12-6-3-4-8-14(12)20-15-9-5-7-13(15)16/h3-4,6,8,11,18H,5,7,9-10H2,1-2H3,(H,19,21). The minimum atomic E-state index is 0.0221. The van der Waals surface area contributed by atoms with Crippen LogP contribution in [0.1, 0.15) is 35.0 Å². The van der Waals surface area contributed by atoms with Crippen molar-refractivity contribution >= 4 is 16.8 Å². The predicted octanol–water partition coefficient (Wildman–Crippen LogP) is 2.06. The van der Waals surface area contributed by atoms with Crippen LogP contribution in [-0.2, 0) is 12.8 Å². The van der Waals surface area contributed by atoms with E-state index in [-0.39, 0.29) is 11.9 Å². The molecule has 0 aliphatic heterocycles. The first kappa shape index (κ1) is 14.0. The van der Waals surface area contributed by atoms with Crippen LogP contribution in [0.25, 0.3) is 10.9 Å². The summed E-state index contributed by atoms with van der Waals surface area (Å²) in [5, 5.41) is 7.14. The number of likely N-dealkylation sites (N-methyl/N-ethyl adjacent to an activating group) is 1. The Kier molecular flexibility index (Phi) is 3.88. The zero-order valence-corrected chi connectivity index (χ0v) is 12.6. The molecule has 1 atom stereocenters. The van der Waals surface area contributed by atoms with Gasteiger partial charge in [0.25, 0.3) is 5.91 Å². The minimum absolute atomic E-state index is 0.0221. The van der Waals surface area contributed by atoms with Crippen molar-refractivity contribution in [2.24, 2.45) is 0 Å². The van der Waals surface area contributed by atoms with Crippen molar-refractivity contribution in [1.82, 2.24) is 15.6 Å². The number of benzene rings is 1. The van der Waals surface area contributed by atoms with Crippen LogP contribution in [0.4, 0.5) is 0 Å². The maximum absolute atomic E-state index is 12.7. The molecule has 4 nitrogen and oxygen atoms in total. The fraction of sp³-hybridized carbons (Fsp3) is 0.412. The number of nitrogens with zero attached hydrogens (tertiary/aromatic N) is 1. The SMILES string of the molecule is CNC(C)CNC(=O)c1c2c(nc3ccccc13)CCC2. The number of nitrogens with one attached hydrogen (secondary N) is 2. The van der Waals surface area contributed by atoms with Gasteiger partial charge in [0.15, 0.2) is 0 Å². The lowest BCUT2D eigenvalue weighted by molar-refractivity contribution is 0.0951. The molecule has 0 bridgehead atoms. The Balaban J connectivity index is 2.02. The van der Waals surface area contributed by atoms with Crippen molar-refractivity contribution in [1.29, 1.82) is 0 Å². The van der Waals surface area contributed by atoms with Gasteiger partial charge in [0.2, 0.25) is 0 Å². The van der Waals surface area contributed by atoms with Gasteiger partial charge >= 0.3 is 0 Å². The van der Waals surface area contributed by atoms with Crippen molar-refractivity contribution < 1.29 is 4.79 Å². The van der Waals surface area contributed by atoms with Crippen LogP contribution in [0.2, 0.25) is 0 Å². The van der Waals surface area contributed by atoms with Crippen molar-refractivity contribution in [3.05, 3.63) is 41.1 Å². The van der Waals surface area contributed by atoms with E-state index >= 15 is 0 Å². The summed E-state index contributed by atoms with van der Waals surface area (Å²) in [5.41, 5.74) is 3.99. The number of para-hydroxylation sites is 1. The molecule has 1 aromatic carbocycles. The molecule has 21 heavy (non-hydrogen) atoms. The van der Waals surface area contributed by atoms with E-state index in [1.807, 2.05) is 31.3 Å². The molecule has 110 valence electrons. The summed E-state index contributed by atoms with van der Waals surface area (Å²) in [7, 11) is 1.90. The second kappa shape index (κ2) is 5.82. The summed E-state index contributed by atoms with van der Waals surface area (Å²) in [6.45, 7) is 2.68. The Morgan fingerprint density at radius 2 is 2.14 bits per heavy atom. The Labute approximate surface area is 125 Å². The lowest BCUT2D eigenvalue weighted by atomic mass is 10.0. The predicted molar refractivity (Wildman–Crippen MR) is 84.6 cm³/mol. The highest BCUT2D eigenvalue weighted by Crippen LogP contribution is 2.29. The van der Waals surface area contributed by atoms with Gasteiger partial charge in [-0.3, -0.25) is 9.78 Å². The van der Waals surface area contributed by atoms with E-state index in [4.69, 9.17) is 4.98 Å². The second-order valence-electron chi connectivity index (χ2n) is 5.68. The van der Waals surface area contributed by atoms with Crippen molar-refractivity contribution in [3.8, 4) is 0 Å². The van der Waals surface area contributed by atoms with Gasteiger partial charge in [-0.2, -0.15) is 0 Å². The number of carbonyl (C=O) groups excluding carboxylic acids is 1. The molecule has 1 unspecified atom stereocenters. The average molecular weight is 283 g/mol. The summed E-state index contributed by atoms with van der Waals surface area (Å²) in [6.07, 6.45) is 3.02. The van der Waals surface area contributed by atoms with Crippen LogP contribution < -0.4 is 10.6 Å². The molecule has 0 radical (unpaired) electrons. The van der Waals surface area contributed by atoms with Crippen molar-refractivity contribution in [2.45, 2.75) is 32.2 Å². The van der Waals surface area contributed by atoms with E-state index in [2.05, 4.69) is 17.6 Å². The first-order valence-corrected chi connectivity index (χ1v) is 7.56. The third kappa shape index (κ3) is 2.63. The molecule has 0 saturated carbocycles. The molecule has 0 saturated heterocycles. The number of carbonyl (C=O) groups is 1. The number of pyridine rings is 1. The largest absolute Gasteiger partial charge is 0.350 e. The number of aryl methyl sites for hydroxylation is 1. The zero-order chi connectivity index (χ0) is 14.8. The lowest BCUT2D eigenvalue weighted by Gasteiger charge is -2.15. The first-order chi connectivity index (χ1) is 10.2. The molecule has 2 N–H and O–H groups in total. The summed E-state index contributed by atoms with van der Waals surface area (Å²) in [6, 6.07) is 8.19. The number of amides is 1. The smallest absolute Gasteiger partial charge is 0.252 e. The number of fused-ring (bicyclic) bond motifs is 2. The molecule has 4 heteroatoms. The van der Waals surface area contributed by atoms with Gasteiger partial charge in [-0.1, -0.05) is 18.2 Å². The van der Waals surface area contributed by atoms with E-state index < -0.39 is 0 Å². The third-order valence-electron chi connectivity index (χ3n) is 4.21. The van der Waals surface area contributed by atoms with Crippen LogP contribution in [0.5, 0.6) is 0 Å². The minimum Gasteiger partial charge on any atom is -0.350 e. The van der Waals surface area contributed by atoms with Gasteiger partial charge in [0.05, 0.1) is 11.1 Å². The lowest BCUT2D eigenvalue weighted by Crippen LogP contribution is -2.37. The highest BCUT2D eigenvalue weighted by molar-refractivity contribution is 6.07. The molecule has 1 aromatic heterocycles. The van der Waals surface area contributed by atoms with Gasteiger partial charge < -0.3 is 10.6 Å². The summed E-state index contributed by atoms with van der Waals surface area (Å²) >= 11 is 0. The number of hydrogen-bond donors (Lipinski definition) is 2. The number of hydrogen-bond acceptors (Lipinski definition) is 3. The Bertz CT molecular complexity index is 681. The summed E-state index contributed by atoms with van der Waals surface area (Å²) < 4.78 is 0. The third-order valence-corrected chi connectivity index (χ3v) is 4.21. The molecule has 1 heterocycles. The monoisotopic (exact) mass is 283 g/mol. The molecule has 0 fully saturated rings. The van der Waals surface area contributed by atoms with Gasteiger partial charge in [0.1, 0.15) is 0 Å². The Hall–Kier alpha value is -1.94. The molecule has 1 aliphatic rings. The normalized spacial score (nSPS) is 15.0. The topological polar surface area (TPSA) is 54.0 Å². The van der Waals surface area contributed by atoms with E-state index in [1.54, 1.807) is 0 Å². The number of aromatic nitrogens is 1. The van der Waals surface area contributed by atoms with E-state index in [0.29, 0.717) is 6.54 Å². The van der Waals surface area contributed by atoms with Crippen LogP contribution in [-0.4, -0.2) is 30.5 Å². The van der Waals surface area contributed by atoms with Gasteiger partial charge in [-0.25, -0.2) is 0 Å². The molecular weight excluding hydrogens is 262 g/mol. The Morgan fingerprint density at radius 3 is 2.95 bits per heavy atom. The Morgan fingerprint density at radius 1 is 1.33 bits per heavy atom. The fourth-order valence-corrected chi connectivity index (χ4v) is 2.91. The quantitative estimate of drug-likeness (QED) is 0.903. The fourth-order valence-electron chi connectivity index (χ4n) is 2.91. The van der Waals surface area contributed by atoms with Crippen LogP contribution in [0, 0.1) is 0 Å². The van der Waals surface area contributed by atoms with Crippen molar-refractivity contribution in [3.63, 3.8) is 0 Å².